The van der Waals surface area contributed by atoms with E-state index in [1.54, 1.807) is 12.1 Å². The molecule has 1 aromatic rings. The molecule has 3 nitrogen and oxygen atoms in total. The summed E-state index contributed by atoms with van der Waals surface area (Å²) in [6.45, 7) is 2.18. The average molecular weight is 231 g/mol. The Morgan fingerprint density at radius 2 is 1.88 bits per heavy atom. The molecular formula is C14H17NO2. The van der Waals surface area contributed by atoms with Crippen LogP contribution >= 0.6 is 0 Å². The first-order valence-corrected chi connectivity index (χ1v) is 5.97. The molecule has 0 aliphatic rings. The fourth-order valence-electron chi connectivity index (χ4n) is 1.47. The lowest BCUT2D eigenvalue weighted by Crippen LogP contribution is -1.86. The summed E-state index contributed by atoms with van der Waals surface area (Å²) in [6.07, 6.45) is 5.76. The number of nitro groups is 1. The minimum Gasteiger partial charge on any atom is -0.258 e. The molecular weight excluding hydrogens is 214 g/mol. The van der Waals surface area contributed by atoms with E-state index in [-0.39, 0.29) is 5.69 Å². The molecule has 0 heterocycles. The Labute approximate surface area is 102 Å². The molecule has 0 saturated heterocycles. The van der Waals surface area contributed by atoms with Crippen molar-refractivity contribution in [2.24, 2.45) is 0 Å². The summed E-state index contributed by atoms with van der Waals surface area (Å²) in [5.41, 5.74) is 0.949. The topological polar surface area (TPSA) is 43.1 Å². The number of nitrogens with zero attached hydrogens (tertiary/aromatic N) is 1. The third-order valence-electron chi connectivity index (χ3n) is 2.47. The van der Waals surface area contributed by atoms with Gasteiger partial charge in [-0.1, -0.05) is 38.0 Å². The summed E-state index contributed by atoms with van der Waals surface area (Å²) in [5, 5.41) is 10.4. The maximum Gasteiger partial charge on any atom is 0.269 e. The van der Waals surface area contributed by atoms with E-state index in [0.717, 1.165) is 18.4 Å². The van der Waals surface area contributed by atoms with E-state index in [1.807, 2.05) is 0 Å². The summed E-state index contributed by atoms with van der Waals surface area (Å²) in [4.78, 5) is 10.0. The minimum atomic E-state index is -0.401. The summed E-state index contributed by atoms with van der Waals surface area (Å²) in [6, 6.07) is 6.36. The molecule has 0 aromatic heterocycles. The van der Waals surface area contributed by atoms with Gasteiger partial charge in [-0.3, -0.25) is 10.1 Å². The van der Waals surface area contributed by atoms with Crippen LogP contribution in [0.15, 0.2) is 24.3 Å². The van der Waals surface area contributed by atoms with Gasteiger partial charge in [0.05, 0.1) is 4.92 Å². The van der Waals surface area contributed by atoms with E-state index in [0.29, 0.717) is 0 Å². The van der Waals surface area contributed by atoms with Crippen molar-refractivity contribution in [1.29, 1.82) is 0 Å². The number of non-ortho nitro benzene ring substituents is 1. The van der Waals surface area contributed by atoms with Gasteiger partial charge in [0, 0.05) is 24.1 Å². The van der Waals surface area contributed by atoms with E-state index in [1.165, 1.54) is 31.4 Å². The lowest BCUT2D eigenvalue weighted by molar-refractivity contribution is -0.384. The lowest BCUT2D eigenvalue weighted by Gasteiger charge is -1.93. The van der Waals surface area contributed by atoms with Crippen LogP contribution in [-0.4, -0.2) is 4.92 Å². The van der Waals surface area contributed by atoms with Gasteiger partial charge in [-0.25, -0.2) is 0 Å². The summed E-state index contributed by atoms with van der Waals surface area (Å²) in [5.74, 6) is 6.10. The smallest absolute Gasteiger partial charge is 0.258 e. The average Bonchev–Trinajstić information content (AvgIpc) is 2.34. The van der Waals surface area contributed by atoms with E-state index >= 15 is 0 Å². The van der Waals surface area contributed by atoms with Gasteiger partial charge in [-0.05, 0) is 18.6 Å². The van der Waals surface area contributed by atoms with Gasteiger partial charge in [0.25, 0.3) is 5.69 Å². The monoisotopic (exact) mass is 231 g/mol. The molecule has 0 spiro atoms. The lowest BCUT2D eigenvalue weighted by atomic mass is 10.1. The van der Waals surface area contributed by atoms with Crippen LogP contribution in [0, 0.1) is 22.0 Å². The van der Waals surface area contributed by atoms with Crippen LogP contribution in [0.25, 0.3) is 0 Å². The standard InChI is InChI=1S/C14H17NO2/c1-2-3-4-5-6-7-8-13-9-11-14(12-10-13)15(16)17/h9-12H,2-6H2,1H3. The van der Waals surface area contributed by atoms with E-state index in [4.69, 9.17) is 0 Å². The van der Waals surface area contributed by atoms with Crippen molar-refractivity contribution in [3.63, 3.8) is 0 Å². The molecule has 90 valence electrons. The Bertz CT molecular complexity index is 412. The van der Waals surface area contributed by atoms with Crippen molar-refractivity contribution < 1.29 is 4.92 Å². The van der Waals surface area contributed by atoms with Crippen LogP contribution in [-0.2, 0) is 0 Å². The predicted octanol–water partition coefficient (Wildman–Crippen LogP) is 3.92. The number of hydrogen-bond acceptors (Lipinski definition) is 2. The van der Waals surface area contributed by atoms with E-state index in [9.17, 15) is 10.1 Å². The third kappa shape index (κ3) is 5.17. The second kappa shape index (κ2) is 7.45. The zero-order valence-electron chi connectivity index (χ0n) is 10.1. The first kappa shape index (κ1) is 13.2. The molecule has 0 aliphatic carbocycles. The highest BCUT2D eigenvalue weighted by atomic mass is 16.6. The molecule has 0 bridgehead atoms. The molecule has 0 unspecified atom stereocenters. The zero-order chi connectivity index (χ0) is 12.5. The second-order valence-electron chi connectivity index (χ2n) is 3.92. The quantitative estimate of drug-likeness (QED) is 0.333. The number of rotatable bonds is 5. The molecule has 0 saturated carbocycles. The highest BCUT2D eigenvalue weighted by Gasteiger charge is 2.01. The fraction of sp³-hybridized carbons (Fsp3) is 0.429. The Morgan fingerprint density at radius 3 is 2.47 bits per heavy atom. The zero-order valence-corrected chi connectivity index (χ0v) is 10.1. The highest BCUT2D eigenvalue weighted by Crippen LogP contribution is 2.11. The molecule has 1 aromatic carbocycles. The van der Waals surface area contributed by atoms with Crippen molar-refractivity contribution in [2.75, 3.05) is 0 Å². The maximum atomic E-state index is 10.4. The van der Waals surface area contributed by atoms with E-state index < -0.39 is 4.92 Å². The number of unbranched alkanes of at least 4 members (excludes halogenated alkanes) is 4. The van der Waals surface area contributed by atoms with Gasteiger partial charge < -0.3 is 0 Å². The Hall–Kier alpha value is -1.82. The van der Waals surface area contributed by atoms with Crippen LogP contribution in [0.4, 0.5) is 5.69 Å². The summed E-state index contributed by atoms with van der Waals surface area (Å²) < 4.78 is 0. The number of nitro benzene ring substituents is 1. The fourth-order valence-corrected chi connectivity index (χ4v) is 1.47. The van der Waals surface area contributed by atoms with Gasteiger partial charge in [0.15, 0.2) is 0 Å². The largest absolute Gasteiger partial charge is 0.269 e. The summed E-state index contributed by atoms with van der Waals surface area (Å²) >= 11 is 0. The molecule has 0 radical (unpaired) electrons. The van der Waals surface area contributed by atoms with Crippen LogP contribution in [0.2, 0.25) is 0 Å². The second-order valence-corrected chi connectivity index (χ2v) is 3.92. The molecule has 0 atom stereocenters. The van der Waals surface area contributed by atoms with Crippen molar-refractivity contribution >= 4 is 5.69 Å². The summed E-state index contributed by atoms with van der Waals surface area (Å²) in [7, 11) is 0. The number of hydrogen-bond donors (Lipinski definition) is 0. The Morgan fingerprint density at radius 1 is 1.18 bits per heavy atom. The highest BCUT2D eigenvalue weighted by molar-refractivity contribution is 5.40. The van der Waals surface area contributed by atoms with Crippen LogP contribution in [0.1, 0.15) is 44.6 Å². The van der Waals surface area contributed by atoms with Gasteiger partial charge in [0.2, 0.25) is 0 Å². The van der Waals surface area contributed by atoms with Crippen LogP contribution in [0.5, 0.6) is 0 Å². The molecule has 0 N–H and O–H groups in total. The van der Waals surface area contributed by atoms with E-state index in [2.05, 4.69) is 18.8 Å². The molecule has 0 fully saturated rings. The normalized spacial score (nSPS) is 9.47. The first-order valence-electron chi connectivity index (χ1n) is 5.97. The van der Waals surface area contributed by atoms with Gasteiger partial charge >= 0.3 is 0 Å². The molecule has 17 heavy (non-hydrogen) atoms. The Kier molecular flexibility index (Phi) is 5.81. The molecule has 1 rings (SSSR count). The SMILES string of the molecule is CCCCCCC#Cc1ccc([N+](=O)[O-])cc1. The molecule has 3 heteroatoms. The predicted molar refractivity (Wildman–Crippen MR) is 68.7 cm³/mol. The first-order chi connectivity index (χ1) is 8.24. The van der Waals surface area contributed by atoms with Gasteiger partial charge in [-0.2, -0.15) is 0 Å². The van der Waals surface area contributed by atoms with Crippen molar-refractivity contribution in [2.45, 2.75) is 39.0 Å². The van der Waals surface area contributed by atoms with Crippen LogP contribution in [0.3, 0.4) is 0 Å². The molecule has 0 aliphatic heterocycles. The molecule has 0 amide bonds. The van der Waals surface area contributed by atoms with Crippen LogP contribution < -0.4 is 0 Å². The number of benzene rings is 1. The van der Waals surface area contributed by atoms with Gasteiger partial charge in [-0.15, -0.1) is 0 Å². The van der Waals surface area contributed by atoms with Crippen molar-refractivity contribution in [1.82, 2.24) is 0 Å². The van der Waals surface area contributed by atoms with Gasteiger partial charge in [0.1, 0.15) is 0 Å². The third-order valence-corrected chi connectivity index (χ3v) is 2.47. The minimum absolute atomic E-state index is 0.110. The maximum absolute atomic E-state index is 10.4. The van der Waals surface area contributed by atoms with Crippen molar-refractivity contribution in [3.05, 3.63) is 39.9 Å². The van der Waals surface area contributed by atoms with Crippen molar-refractivity contribution in [3.8, 4) is 11.8 Å². The Balaban J connectivity index is 2.41.